The van der Waals surface area contributed by atoms with Gasteiger partial charge < -0.3 is 5.73 Å². The lowest BCUT2D eigenvalue weighted by Crippen LogP contribution is -2.38. The van der Waals surface area contributed by atoms with E-state index in [-0.39, 0.29) is 17.9 Å². The van der Waals surface area contributed by atoms with Gasteiger partial charge in [0.1, 0.15) is 0 Å². The second kappa shape index (κ2) is 4.58. The lowest BCUT2D eigenvalue weighted by atomic mass is 9.85. The molecule has 1 fully saturated rings. The Balaban J connectivity index is 2.46. The van der Waals surface area contributed by atoms with Crippen LogP contribution in [0.5, 0.6) is 0 Å². The van der Waals surface area contributed by atoms with Gasteiger partial charge in [0.15, 0.2) is 0 Å². The molecule has 4 heteroatoms. The molecule has 0 saturated heterocycles. The Morgan fingerprint density at radius 1 is 1.54 bits per heavy atom. The molecule has 0 aromatic heterocycles. The Kier molecular flexibility index (Phi) is 3.69. The van der Waals surface area contributed by atoms with Gasteiger partial charge in [-0.3, -0.25) is 9.63 Å². The number of hydrogen-bond donors (Lipinski definition) is 1. The van der Waals surface area contributed by atoms with E-state index in [1.807, 2.05) is 0 Å². The first kappa shape index (κ1) is 10.5. The highest BCUT2D eigenvalue weighted by Gasteiger charge is 2.27. The van der Waals surface area contributed by atoms with Crippen molar-refractivity contribution in [2.45, 2.75) is 31.7 Å². The molecule has 4 nitrogen and oxygen atoms in total. The van der Waals surface area contributed by atoms with Crippen molar-refractivity contribution in [1.82, 2.24) is 5.06 Å². The Morgan fingerprint density at radius 2 is 2.23 bits per heavy atom. The third-order valence-electron chi connectivity index (χ3n) is 2.65. The standard InChI is InChI=1S/C9H18N2O2/c1-11(13-2)9(12)7-4-3-5-8(10)6-7/h7-8H,3-6,10H2,1-2H3. The van der Waals surface area contributed by atoms with Gasteiger partial charge in [0.2, 0.25) is 5.91 Å². The van der Waals surface area contributed by atoms with Crippen LogP contribution in [-0.2, 0) is 9.63 Å². The third kappa shape index (κ3) is 2.67. The van der Waals surface area contributed by atoms with Crippen molar-refractivity contribution >= 4 is 5.91 Å². The molecule has 1 rings (SSSR count). The summed E-state index contributed by atoms with van der Waals surface area (Å²) in [5, 5.41) is 1.29. The lowest BCUT2D eigenvalue weighted by Gasteiger charge is -2.28. The molecular weight excluding hydrogens is 168 g/mol. The number of carbonyl (C=O) groups excluding carboxylic acids is 1. The summed E-state index contributed by atoms with van der Waals surface area (Å²) >= 11 is 0. The van der Waals surface area contributed by atoms with Gasteiger partial charge in [0.05, 0.1) is 7.11 Å². The lowest BCUT2D eigenvalue weighted by molar-refractivity contribution is -0.174. The predicted molar refractivity (Wildman–Crippen MR) is 49.7 cm³/mol. The van der Waals surface area contributed by atoms with Crippen LogP contribution in [0.15, 0.2) is 0 Å². The molecule has 0 heterocycles. The van der Waals surface area contributed by atoms with Crippen LogP contribution in [0.1, 0.15) is 25.7 Å². The van der Waals surface area contributed by atoms with E-state index in [0.29, 0.717) is 0 Å². The van der Waals surface area contributed by atoms with E-state index < -0.39 is 0 Å². The Morgan fingerprint density at radius 3 is 2.77 bits per heavy atom. The summed E-state index contributed by atoms with van der Waals surface area (Å²) in [6.45, 7) is 0. The fourth-order valence-electron chi connectivity index (χ4n) is 1.80. The topological polar surface area (TPSA) is 55.6 Å². The Labute approximate surface area is 79.0 Å². The molecule has 1 amide bonds. The first-order chi connectivity index (χ1) is 6.15. The first-order valence-corrected chi connectivity index (χ1v) is 4.72. The zero-order chi connectivity index (χ0) is 9.84. The van der Waals surface area contributed by atoms with Crippen LogP contribution in [0.4, 0.5) is 0 Å². The minimum Gasteiger partial charge on any atom is -0.328 e. The van der Waals surface area contributed by atoms with E-state index >= 15 is 0 Å². The van der Waals surface area contributed by atoms with Gasteiger partial charge in [-0.15, -0.1) is 0 Å². The second-order valence-electron chi connectivity index (χ2n) is 3.64. The summed E-state index contributed by atoms with van der Waals surface area (Å²) in [5.74, 6) is 0.117. The smallest absolute Gasteiger partial charge is 0.249 e. The van der Waals surface area contributed by atoms with Crippen molar-refractivity contribution in [2.75, 3.05) is 14.2 Å². The minimum absolute atomic E-state index is 0.0534. The highest BCUT2D eigenvalue weighted by Crippen LogP contribution is 2.24. The third-order valence-corrected chi connectivity index (χ3v) is 2.65. The number of nitrogens with two attached hydrogens (primary N) is 1. The quantitative estimate of drug-likeness (QED) is 0.640. The highest BCUT2D eigenvalue weighted by molar-refractivity contribution is 5.77. The van der Waals surface area contributed by atoms with Gasteiger partial charge in [-0.25, -0.2) is 5.06 Å². The molecule has 0 bridgehead atoms. The van der Waals surface area contributed by atoms with Crippen LogP contribution in [0.3, 0.4) is 0 Å². The molecule has 1 aliphatic rings. The van der Waals surface area contributed by atoms with E-state index in [2.05, 4.69) is 0 Å². The van der Waals surface area contributed by atoms with E-state index in [4.69, 9.17) is 10.6 Å². The monoisotopic (exact) mass is 186 g/mol. The van der Waals surface area contributed by atoms with E-state index in [0.717, 1.165) is 25.7 Å². The van der Waals surface area contributed by atoms with Crippen molar-refractivity contribution in [1.29, 1.82) is 0 Å². The molecule has 1 aliphatic carbocycles. The number of amides is 1. The predicted octanol–water partition coefficient (Wildman–Crippen LogP) is 0.524. The van der Waals surface area contributed by atoms with Crippen molar-refractivity contribution in [3.05, 3.63) is 0 Å². The summed E-state index contributed by atoms with van der Waals surface area (Å²) in [5.41, 5.74) is 5.79. The molecule has 76 valence electrons. The van der Waals surface area contributed by atoms with Gasteiger partial charge >= 0.3 is 0 Å². The number of nitrogens with zero attached hydrogens (tertiary/aromatic N) is 1. The number of hydrogen-bond acceptors (Lipinski definition) is 3. The van der Waals surface area contributed by atoms with Crippen molar-refractivity contribution < 1.29 is 9.63 Å². The Bertz CT molecular complexity index is 184. The summed E-state index contributed by atoms with van der Waals surface area (Å²) < 4.78 is 0. The molecule has 0 aliphatic heterocycles. The molecule has 1 saturated carbocycles. The summed E-state index contributed by atoms with van der Waals surface area (Å²) in [7, 11) is 3.14. The average Bonchev–Trinajstić information content (AvgIpc) is 2.15. The van der Waals surface area contributed by atoms with E-state index in [1.54, 1.807) is 7.05 Å². The molecule has 13 heavy (non-hydrogen) atoms. The van der Waals surface area contributed by atoms with Crippen LogP contribution in [0, 0.1) is 5.92 Å². The molecule has 0 radical (unpaired) electrons. The van der Waals surface area contributed by atoms with E-state index in [1.165, 1.54) is 12.2 Å². The summed E-state index contributed by atoms with van der Waals surface area (Å²) in [6.07, 6.45) is 3.84. The molecule has 0 aromatic carbocycles. The fraction of sp³-hybridized carbons (Fsp3) is 0.889. The largest absolute Gasteiger partial charge is 0.328 e. The number of hydroxylamine groups is 2. The summed E-state index contributed by atoms with van der Waals surface area (Å²) in [4.78, 5) is 16.5. The van der Waals surface area contributed by atoms with Gasteiger partial charge in [-0.2, -0.15) is 0 Å². The molecule has 2 N–H and O–H groups in total. The maximum absolute atomic E-state index is 11.6. The maximum Gasteiger partial charge on any atom is 0.249 e. The SMILES string of the molecule is CON(C)C(=O)C1CCCC(N)C1. The van der Waals surface area contributed by atoms with Gasteiger partial charge in [0.25, 0.3) is 0 Å². The highest BCUT2D eigenvalue weighted by atomic mass is 16.7. The maximum atomic E-state index is 11.6. The zero-order valence-electron chi connectivity index (χ0n) is 8.32. The van der Waals surface area contributed by atoms with Crippen LogP contribution in [0.2, 0.25) is 0 Å². The average molecular weight is 186 g/mol. The van der Waals surface area contributed by atoms with Crippen molar-refractivity contribution in [3.8, 4) is 0 Å². The summed E-state index contributed by atoms with van der Waals surface area (Å²) in [6, 6.07) is 0.188. The fourth-order valence-corrected chi connectivity index (χ4v) is 1.80. The van der Waals surface area contributed by atoms with Crippen LogP contribution < -0.4 is 5.73 Å². The molecule has 0 aromatic rings. The second-order valence-corrected chi connectivity index (χ2v) is 3.64. The van der Waals surface area contributed by atoms with Crippen LogP contribution in [-0.4, -0.2) is 31.2 Å². The number of carbonyl (C=O) groups is 1. The normalized spacial score (nSPS) is 28.5. The van der Waals surface area contributed by atoms with Gasteiger partial charge in [-0.1, -0.05) is 6.42 Å². The molecule has 2 atom stereocenters. The van der Waals surface area contributed by atoms with Crippen molar-refractivity contribution in [3.63, 3.8) is 0 Å². The molecule has 2 unspecified atom stereocenters. The van der Waals surface area contributed by atoms with E-state index in [9.17, 15) is 4.79 Å². The molecule has 0 spiro atoms. The van der Waals surface area contributed by atoms with Crippen LogP contribution >= 0.6 is 0 Å². The van der Waals surface area contributed by atoms with Gasteiger partial charge in [0, 0.05) is 19.0 Å². The van der Waals surface area contributed by atoms with Crippen molar-refractivity contribution in [2.24, 2.45) is 11.7 Å². The first-order valence-electron chi connectivity index (χ1n) is 4.72. The molecular formula is C9H18N2O2. The zero-order valence-corrected chi connectivity index (χ0v) is 8.32. The Hall–Kier alpha value is -0.610. The van der Waals surface area contributed by atoms with Crippen LogP contribution in [0.25, 0.3) is 0 Å². The van der Waals surface area contributed by atoms with Gasteiger partial charge in [-0.05, 0) is 19.3 Å². The number of rotatable bonds is 2. The minimum atomic E-state index is 0.0534.